The second-order valence-corrected chi connectivity index (χ2v) is 7.70. The van der Waals surface area contributed by atoms with E-state index in [1.54, 1.807) is 6.20 Å². The van der Waals surface area contributed by atoms with Crippen LogP contribution in [0.1, 0.15) is 36.5 Å². The standard InChI is InChI=1S/C22H30N4O/c1-16-11-17(2)13-19(12-16)14-18(3)24-22(27)26-9-6-20(7-10-26)25-21-5-4-8-23-15-21/h4-5,8,11-13,15,18,20,25H,6-7,9-10,14H2,1-3H3,(H,24,27). The number of amides is 2. The summed E-state index contributed by atoms with van der Waals surface area (Å²) in [7, 11) is 0. The number of nitrogens with zero attached hydrogens (tertiary/aromatic N) is 2. The number of hydrogen-bond acceptors (Lipinski definition) is 3. The SMILES string of the molecule is Cc1cc(C)cc(CC(C)NC(=O)N2CCC(Nc3cccnc3)CC2)c1. The molecule has 1 atom stereocenters. The Morgan fingerprint density at radius 3 is 2.56 bits per heavy atom. The molecule has 1 unspecified atom stereocenters. The van der Waals surface area contributed by atoms with Crippen molar-refractivity contribution in [2.24, 2.45) is 0 Å². The summed E-state index contributed by atoms with van der Waals surface area (Å²) in [5.74, 6) is 0. The fourth-order valence-corrected chi connectivity index (χ4v) is 3.80. The first-order valence-corrected chi connectivity index (χ1v) is 9.79. The van der Waals surface area contributed by atoms with Crippen LogP contribution in [0.5, 0.6) is 0 Å². The predicted molar refractivity (Wildman–Crippen MR) is 110 cm³/mol. The minimum Gasteiger partial charge on any atom is -0.381 e. The van der Waals surface area contributed by atoms with Crippen molar-refractivity contribution in [1.82, 2.24) is 15.2 Å². The summed E-state index contributed by atoms with van der Waals surface area (Å²) in [5, 5.41) is 6.66. The molecule has 0 spiro atoms. The van der Waals surface area contributed by atoms with Crippen molar-refractivity contribution in [3.63, 3.8) is 0 Å². The number of piperidine rings is 1. The second-order valence-electron chi connectivity index (χ2n) is 7.70. The number of benzene rings is 1. The first-order chi connectivity index (χ1) is 13.0. The van der Waals surface area contributed by atoms with Crippen molar-refractivity contribution in [3.8, 4) is 0 Å². The summed E-state index contributed by atoms with van der Waals surface area (Å²) in [5.41, 5.74) is 4.86. The van der Waals surface area contributed by atoms with E-state index in [2.05, 4.69) is 54.6 Å². The molecule has 5 heteroatoms. The van der Waals surface area contributed by atoms with Crippen LogP contribution in [0.15, 0.2) is 42.7 Å². The maximum absolute atomic E-state index is 12.6. The van der Waals surface area contributed by atoms with Crippen LogP contribution in [0, 0.1) is 13.8 Å². The van der Waals surface area contributed by atoms with Gasteiger partial charge in [0, 0.05) is 37.6 Å². The van der Waals surface area contributed by atoms with Crippen LogP contribution in [0.3, 0.4) is 0 Å². The smallest absolute Gasteiger partial charge is 0.317 e. The van der Waals surface area contributed by atoms with Gasteiger partial charge in [-0.2, -0.15) is 0 Å². The molecule has 2 N–H and O–H groups in total. The average Bonchev–Trinajstić information content (AvgIpc) is 2.62. The van der Waals surface area contributed by atoms with Crippen LogP contribution >= 0.6 is 0 Å². The van der Waals surface area contributed by atoms with Gasteiger partial charge in [0.25, 0.3) is 0 Å². The first kappa shape index (κ1) is 19.2. The van der Waals surface area contributed by atoms with Gasteiger partial charge in [0.15, 0.2) is 0 Å². The summed E-state index contributed by atoms with van der Waals surface area (Å²) in [6, 6.07) is 11.1. The Bertz CT molecular complexity index is 734. The monoisotopic (exact) mass is 366 g/mol. The number of aromatic nitrogens is 1. The van der Waals surface area contributed by atoms with E-state index in [4.69, 9.17) is 0 Å². The molecule has 2 heterocycles. The highest BCUT2D eigenvalue weighted by molar-refractivity contribution is 5.74. The van der Waals surface area contributed by atoms with E-state index in [9.17, 15) is 4.79 Å². The molecular formula is C22H30N4O. The van der Waals surface area contributed by atoms with Gasteiger partial charge < -0.3 is 15.5 Å². The number of pyridine rings is 1. The Hall–Kier alpha value is -2.56. The molecule has 0 bridgehead atoms. The third-order valence-corrected chi connectivity index (χ3v) is 5.01. The summed E-state index contributed by atoms with van der Waals surface area (Å²) in [6.07, 6.45) is 6.37. The van der Waals surface area contributed by atoms with Gasteiger partial charge in [-0.1, -0.05) is 29.3 Å². The normalized spacial score (nSPS) is 16.0. The van der Waals surface area contributed by atoms with Gasteiger partial charge >= 0.3 is 6.03 Å². The van der Waals surface area contributed by atoms with Crippen molar-refractivity contribution in [3.05, 3.63) is 59.4 Å². The van der Waals surface area contributed by atoms with Crippen LogP contribution in [0.2, 0.25) is 0 Å². The Morgan fingerprint density at radius 1 is 1.22 bits per heavy atom. The number of urea groups is 1. The molecular weight excluding hydrogens is 336 g/mol. The average molecular weight is 367 g/mol. The molecule has 1 fully saturated rings. The van der Waals surface area contributed by atoms with E-state index in [0.717, 1.165) is 38.0 Å². The van der Waals surface area contributed by atoms with Crippen molar-refractivity contribution < 1.29 is 4.79 Å². The van der Waals surface area contributed by atoms with Crippen LogP contribution in [0.4, 0.5) is 10.5 Å². The van der Waals surface area contributed by atoms with Crippen LogP contribution in [-0.2, 0) is 6.42 Å². The number of anilines is 1. The molecule has 3 rings (SSSR count). The lowest BCUT2D eigenvalue weighted by molar-refractivity contribution is 0.180. The van der Waals surface area contributed by atoms with E-state index < -0.39 is 0 Å². The topological polar surface area (TPSA) is 57.3 Å². The van der Waals surface area contributed by atoms with Crippen molar-refractivity contribution in [2.45, 2.75) is 52.1 Å². The summed E-state index contributed by atoms with van der Waals surface area (Å²) < 4.78 is 0. The van der Waals surface area contributed by atoms with Crippen molar-refractivity contribution >= 4 is 11.7 Å². The van der Waals surface area contributed by atoms with E-state index in [1.165, 1.54) is 16.7 Å². The van der Waals surface area contributed by atoms with Crippen LogP contribution in [-0.4, -0.2) is 41.1 Å². The molecule has 1 aliphatic rings. The molecule has 144 valence electrons. The summed E-state index contributed by atoms with van der Waals surface area (Å²) in [4.78, 5) is 18.6. The summed E-state index contributed by atoms with van der Waals surface area (Å²) in [6.45, 7) is 7.86. The van der Waals surface area contributed by atoms with Gasteiger partial charge in [-0.25, -0.2) is 4.79 Å². The highest BCUT2D eigenvalue weighted by Gasteiger charge is 2.23. The lowest BCUT2D eigenvalue weighted by atomic mass is 10.0. The Kier molecular flexibility index (Phi) is 6.32. The number of carbonyl (C=O) groups is 1. The van der Waals surface area contributed by atoms with Gasteiger partial charge in [0.2, 0.25) is 0 Å². The molecule has 5 nitrogen and oxygen atoms in total. The Morgan fingerprint density at radius 2 is 1.93 bits per heavy atom. The van der Waals surface area contributed by atoms with Gasteiger partial charge in [0.05, 0.1) is 5.69 Å². The van der Waals surface area contributed by atoms with E-state index in [0.29, 0.717) is 6.04 Å². The van der Waals surface area contributed by atoms with Crippen molar-refractivity contribution in [1.29, 1.82) is 0 Å². The second kappa shape index (κ2) is 8.89. The van der Waals surface area contributed by atoms with Crippen LogP contribution < -0.4 is 10.6 Å². The van der Waals surface area contributed by atoms with Gasteiger partial charge in [-0.05, 0) is 57.7 Å². The number of hydrogen-bond donors (Lipinski definition) is 2. The van der Waals surface area contributed by atoms with Gasteiger partial charge in [-0.3, -0.25) is 4.98 Å². The zero-order valence-corrected chi connectivity index (χ0v) is 16.5. The largest absolute Gasteiger partial charge is 0.381 e. The number of rotatable bonds is 5. The number of aryl methyl sites for hydroxylation is 2. The van der Waals surface area contributed by atoms with Crippen LogP contribution in [0.25, 0.3) is 0 Å². The lowest BCUT2D eigenvalue weighted by Gasteiger charge is -2.33. The highest BCUT2D eigenvalue weighted by Crippen LogP contribution is 2.16. The minimum absolute atomic E-state index is 0.0479. The van der Waals surface area contributed by atoms with E-state index in [1.807, 2.05) is 23.2 Å². The molecule has 27 heavy (non-hydrogen) atoms. The molecule has 1 aromatic heterocycles. The van der Waals surface area contributed by atoms with Gasteiger partial charge in [-0.15, -0.1) is 0 Å². The number of carbonyl (C=O) groups excluding carboxylic acids is 1. The third-order valence-electron chi connectivity index (χ3n) is 5.01. The quantitative estimate of drug-likeness (QED) is 0.843. The molecule has 2 amide bonds. The molecule has 0 aliphatic carbocycles. The summed E-state index contributed by atoms with van der Waals surface area (Å²) >= 11 is 0. The molecule has 1 aromatic carbocycles. The fraction of sp³-hybridized carbons (Fsp3) is 0.455. The van der Waals surface area contributed by atoms with E-state index >= 15 is 0 Å². The predicted octanol–water partition coefficient (Wildman–Crippen LogP) is 3.92. The maximum Gasteiger partial charge on any atom is 0.317 e. The highest BCUT2D eigenvalue weighted by atomic mass is 16.2. The third kappa shape index (κ3) is 5.71. The van der Waals surface area contributed by atoms with Crippen molar-refractivity contribution in [2.75, 3.05) is 18.4 Å². The minimum atomic E-state index is 0.0479. The van der Waals surface area contributed by atoms with E-state index in [-0.39, 0.29) is 12.1 Å². The number of likely N-dealkylation sites (tertiary alicyclic amines) is 1. The Balaban J connectivity index is 1.45. The molecule has 2 aromatic rings. The van der Waals surface area contributed by atoms with Gasteiger partial charge in [0.1, 0.15) is 0 Å². The molecule has 0 radical (unpaired) electrons. The number of nitrogens with one attached hydrogen (secondary N) is 2. The zero-order chi connectivity index (χ0) is 19.2. The molecule has 1 aliphatic heterocycles. The first-order valence-electron chi connectivity index (χ1n) is 9.79. The maximum atomic E-state index is 12.6. The molecule has 0 saturated carbocycles. The Labute approximate surface area is 162 Å². The molecule has 1 saturated heterocycles. The lowest BCUT2D eigenvalue weighted by Crippen LogP contribution is -2.49. The zero-order valence-electron chi connectivity index (χ0n) is 16.5. The fourth-order valence-electron chi connectivity index (χ4n) is 3.80.